The number of piperidine rings is 1. The second-order valence-corrected chi connectivity index (χ2v) is 10.3. The van der Waals surface area contributed by atoms with E-state index in [4.69, 9.17) is 9.97 Å². The Kier molecular flexibility index (Phi) is 9.52. The lowest BCUT2D eigenvalue weighted by molar-refractivity contribution is 0.370. The van der Waals surface area contributed by atoms with Crippen LogP contribution in [0, 0.1) is 0 Å². The van der Waals surface area contributed by atoms with E-state index in [2.05, 4.69) is 43.0 Å². The Bertz CT molecular complexity index is 1090. The summed E-state index contributed by atoms with van der Waals surface area (Å²) in [5, 5.41) is 27.3. The summed E-state index contributed by atoms with van der Waals surface area (Å²) in [5.41, 5.74) is 1.81. The molecule has 3 heterocycles. The Balaban J connectivity index is 1.05. The minimum atomic E-state index is 0.425. The van der Waals surface area contributed by atoms with Gasteiger partial charge in [-0.2, -0.15) is 4.98 Å². The van der Waals surface area contributed by atoms with E-state index in [0.29, 0.717) is 18.5 Å². The first-order valence-electron chi connectivity index (χ1n) is 14.1. The van der Waals surface area contributed by atoms with E-state index in [1.54, 1.807) is 0 Å². The first-order valence-corrected chi connectivity index (χ1v) is 14.1. The highest BCUT2D eigenvalue weighted by molar-refractivity contribution is 5.90. The number of para-hydroxylation sites is 1. The van der Waals surface area contributed by atoms with Crippen molar-refractivity contribution in [3.63, 3.8) is 0 Å². The van der Waals surface area contributed by atoms with Crippen LogP contribution in [0.25, 0.3) is 10.9 Å². The molecule has 1 saturated heterocycles. The van der Waals surface area contributed by atoms with Gasteiger partial charge in [-0.15, -0.1) is 5.10 Å². The smallest absolute Gasteiger partial charge is 0.225 e. The lowest BCUT2D eigenvalue weighted by atomic mass is 9.95. The maximum absolute atomic E-state index is 4.81. The topological polar surface area (TPSA) is 117 Å². The predicted octanol–water partition coefficient (Wildman–Crippen LogP) is 2.90. The van der Waals surface area contributed by atoms with E-state index >= 15 is 0 Å². The first kappa shape index (κ1) is 25.8. The molecule has 10 nitrogen and oxygen atoms in total. The molecule has 2 aromatic heterocycles. The number of fused-ring (bicyclic) bond motifs is 1. The predicted molar refractivity (Wildman–Crippen MR) is 149 cm³/mol. The van der Waals surface area contributed by atoms with Crippen LogP contribution in [0.15, 0.2) is 30.5 Å². The highest BCUT2D eigenvalue weighted by Crippen LogP contribution is 2.24. The zero-order chi connectivity index (χ0) is 25.1. The van der Waals surface area contributed by atoms with E-state index in [0.717, 1.165) is 87.0 Å². The Morgan fingerprint density at radius 2 is 1.78 bits per heavy atom. The number of rotatable bonds is 13. The van der Waals surface area contributed by atoms with E-state index in [9.17, 15) is 0 Å². The number of nitrogens with zero attached hydrogens (tertiary/aromatic N) is 5. The average Bonchev–Trinajstić information content (AvgIpc) is 3.40. The molecule has 3 aromatic rings. The van der Waals surface area contributed by atoms with E-state index < -0.39 is 0 Å². The van der Waals surface area contributed by atoms with Gasteiger partial charge in [0.25, 0.3) is 0 Å². The maximum Gasteiger partial charge on any atom is 0.225 e. The fraction of sp³-hybridized carbons (Fsp3) is 0.630. The summed E-state index contributed by atoms with van der Waals surface area (Å²) >= 11 is 0. The first-order chi connectivity index (χ1) is 18.3. The Hall–Kier alpha value is -2.82. The van der Waals surface area contributed by atoms with Gasteiger partial charge in [-0.25, -0.2) is 4.98 Å². The summed E-state index contributed by atoms with van der Waals surface area (Å²) < 4.78 is 1.90. The molecular formula is C27H42N10. The number of hydrogen-bond acceptors (Lipinski definition) is 9. The second kappa shape index (κ2) is 13.6. The number of nitrogens with one attached hydrogen (secondary N) is 5. The van der Waals surface area contributed by atoms with Crippen LogP contribution in [-0.2, 0) is 13.1 Å². The largest absolute Gasteiger partial charge is 0.367 e. The summed E-state index contributed by atoms with van der Waals surface area (Å²) in [6.45, 7) is 6.42. The average molecular weight is 507 g/mol. The van der Waals surface area contributed by atoms with Gasteiger partial charge in [0.2, 0.25) is 5.95 Å². The standard InChI is InChI=1S/C27H42N10/c1-2-7-21(8-3-1)30-14-6-13-28-17-18-37-20-23(35-36-37)19-31-27-33-25-10-5-4-9-24(25)26(34-27)32-22-11-15-29-16-12-22/h4-5,9-10,20-22,28-30H,1-3,6-8,11-19H2,(H2,31,32,33,34). The molecule has 1 aliphatic heterocycles. The molecule has 0 atom stereocenters. The fourth-order valence-electron chi connectivity index (χ4n) is 5.27. The van der Waals surface area contributed by atoms with Crippen molar-refractivity contribution < 1.29 is 0 Å². The van der Waals surface area contributed by atoms with E-state index in [1.165, 1.54) is 32.1 Å². The fourth-order valence-corrected chi connectivity index (χ4v) is 5.27. The third kappa shape index (κ3) is 7.83. The van der Waals surface area contributed by atoms with Crippen molar-refractivity contribution >= 4 is 22.7 Å². The van der Waals surface area contributed by atoms with Gasteiger partial charge >= 0.3 is 0 Å². The quantitative estimate of drug-likeness (QED) is 0.223. The van der Waals surface area contributed by atoms with Crippen LogP contribution >= 0.6 is 0 Å². The van der Waals surface area contributed by atoms with E-state index in [1.807, 2.05) is 29.1 Å². The van der Waals surface area contributed by atoms with Crippen LogP contribution in [0.1, 0.15) is 57.1 Å². The summed E-state index contributed by atoms with van der Waals surface area (Å²) in [7, 11) is 0. The highest BCUT2D eigenvalue weighted by Gasteiger charge is 2.16. The van der Waals surface area contributed by atoms with Crippen LogP contribution in [0.2, 0.25) is 0 Å². The van der Waals surface area contributed by atoms with Gasteiger partial charge in [0, 0.05) is 24.0 Å². The van der Waals surface area contributed by atoms with Crippen LogP contribution in [0.4, 0.5) is 11.8 Å². The minimum Gasteiger partial charge on any atom is -0.367 e. The molecule has 1 saturated carbocycles. The van der Waals surface area contributed by atoms with Crippen LogP contribution in [0.3, 0.4) is 0 Å². The monoisotopic (exact) mass is 506 g/mol. The Morgan fingerprint density at radius 3 is 2.68 bits per heavy atom. The third-order valence-corrected chi connectivity index (χ3v) is 7.38. The zero-order valence-corrected chi connectivity index (χ0v) is 21.9. The molecule has 2 fully saturated rings. The molecule has 0 amide bonds. The third-order valence-electron chi connectivity index (χ3n) is 7.38. The van der Waals surface area contributed by atoms with Gasteiger partial charge in [-0.1, -0.05) is 36.6 Å². The van der Waals surface area contributed by atoms with Gasteiger partial charge < -0.3 is 26.6 Å². The summed E-state index contributed by atoms with van der Waals surface area (Å²) in [6.07, 6.45) is 12.2. The molecule has 0 bridgehead atoms. The molecule has 0 unspecified atom stereocenters. The number of hydrogen-bond donors (Lipinski definition) is 5. The summed E-state index contributed by atoms with van der Waals surface area (Å²) in [6, 6.07) is 9.33. The van der Waals surface area contributed by atoms with Crippen molar-refractivity contribution in [1.82, 2.24) is 40.9 Å². The molecule has 0 radical (unpaired) electrons. The maximum atomic E-state index is 4.81. The molecule has 200 valence electrons. The Morgan fingerprint density at radius 1 is 0.919 bits per heavy atom. The molecular weight excluding hydrogens is 464 g/mol. The van der Waals surface area contributed by atoms with Gasteiger partial charge in [0.15, 0.2) is 0 Å². The molecule has 2 aliphatic rings. The lowest BCUT2D eigenvalue weighted by Crippen LogP contribution is -2.35. The number of benzene rings is 1. The molecule has 5 rings (SSSR count). The minimum absolute atomic E-state index is 0.425. The molecule has 37 heavy (non-hydrogen) atoms. The number of aromatic nitrogens is 5. The van der Waals surface area contributed by atoms with Crippen molar-refractivity contribution in [2.24, 2.45) is 0 Å². The highest BCUT2D eigenvalue weighted by atomic mass is 15.4. The summed E-state index contributed by atoms with van der Waals surface area (Å²) in [5.74, 6) is 1.50. The van der Waals surface area contributed by atoms with Crippen molar-refractivity contribution in [3.8, 4) is 0 Å². The van der Waals surface area contributed by atoms with Crippen molar-refractivity contribution in [3.05, 3.63) is 36.2 Å². The SMILES string of the molecule is c1ccc2c(NC3CCNCC3)nc(NCc3cn(CCNCCCNC4CCCCC4)nn3)nc2c1. The molecule has 1 aliphatic carbocycles. The number of anilines is 2. The van der Waals surface area contributed by atoms with Crippen LogP contribution < -0.4 is 26.6 Å². The van der Waals surface area contributed by atoms with Crippen molar-refractivity contribution in [2.45, 2.75) is 76.5 Å². The zero-order valence-electron chi connectivity index (χ0n) is 21.9. The Labute approximate surface area is 219 Å². The van der Waals surface area contributed by atoms with Gasteiger partial charge in [-0.05, 0) is 70.4 Å². The van der Waals surface area contributed by atoms with Crippen molar-refractivity contribution in [1.29, 1.82) is 0 Å². The van der Waals surface area contributed by atoms with Gasteiger partial charge in [-0.3, -0.25) is 4.68 Å². The second-order valence-electron chi connectivity index (χ2n) is 10.3. The molecule has 0 spiro atoms. The van der Waals surface area contributed by atoms with E-state index in [-0.39, 0.29) is 0 Å². The molecule has 10 heteroatoms. The summed E-state index contributed by atoms with van der Waals surface area (Å²) in [4.78, 5) is 9.53. The lowest BCUT2D eigenvalue weighted by Gasteiger charge is -2.25. The van der Waals surface area contributed by atoms with Crippen molar-refractivity contribution in [2.75, 3.05) is 43.4 Å². The molecule has 5 N–H and O–H groups in total. The molecule has 1 aromatic carbocycles. The van der Waals surface area contributed by atoms with Gasteiger partial charge in [0.05, 0.1) is 24.8 Å². The van der Waals surface area contributed by atoms with Crippen LogP contribution in [0.5, 0.6) is 0 Å². The van der Waals surface area contributed by atoms with Crippen LogP contribution in [-0.4, -0.2) is 69.8 Å². The van der Waals surface area contributed by atoms with Gasteiger partial charge in [0.1, 0.15) is 11.5 Å². The normalized spacial score (nSPS) is 17.3.